The lowest BCUT2D eigenvalue weighted by molar-refractivity contribution is -0.136. The van der Waals surface area contributed by atoms with Crippen molar-refractivity contribution in [3.63, 3.8) is 0 Å². The van der Waals surface area contributed by atoms with E-state index in [-0.39, 0.29) is 23.4 Å². The van der Waals surface area contributed by atoms with Crippen molar-refractivity contribution in [1.29, 1.82) is 0 Å². The number of carboxylic acids is 1. The summed E-state index contributed by atoms with van der Waals surface area (Å²) in [5, 5.41) is 18.7. The Morgan fingerprint density at radius 3 is 2.13 bits per heavy atom. The van der Waals surface area contributed by atoms with Gasteiger partial charge in [-0.05, 0) is 100 Å². The highest BCUT2D eigenvalue weighted by Gasteiger charge is 2.35. The van der Waals surface area contributed by atoms with Gasteiger partial charge >= 0.3 is 11.9 Å². The van der Waals surface area contributed by atoms with Gasteiger partial charge in [-0.25, -0.2) is 9.59 Å². The molecule has 0 aromatic heterocycles. The molecule has 2 aliphatic rings. The second-order valence-corrected chi connectivity index (χ2v) is 13.7. The normalized spacial score (nSPS) is 22.0. The number of ether oxygens (including phenoxy) is 1. The number of carboxylic acid groups (broad SMARTS) is 1. The van der Waals surface area contributed by atoms with Crippen molar-refractivity contribution in [3.8, 4) is 0 Å². The second kappa shape index (κ2) is 17.1. The fraction of sp³-hybridized carbons (Fsp3) is 0.450. The van der Waals surface area contributed by atoms with Crippen LogP contribution in [-0.4, -0.2) is 28.8 Å². The molecule has 0 aliphatic heterocycles. The summed E-state index contributed by atoms with van der Waals surface area (Å²) in [5.41, 5.74) is 7.11. The molecule has 0 bridgehead atoms. The number of esters is 1. The fourth-order valence-electron chi connectivity index (χ4n) is 5.97. The van der Waals surface area contributed by atoms with Gasteiger partial charge in [0.1, 0.15) is 5.76 Å². The molecule has 0 aromatic rings. The maximum absolute atomic E-state index is 13.0. The lowest BCUT2D eigenvalue weighted by Gasteiger charge is -2.36. The molecule has 0 saturated heterocycles. The molecule has 5 heteroatoms. The van der Waals surface area contributed by atoms with E-state index in [1.54, 1.807) is 25.2 Å². The molecule has 0 fully saturated rings. The molecule has 0 amide bonds. The molecule has 45 heavy (non-hydrogen) atoms. The van der Waals surface area contributed by atoms with Crippen LogP contribution in [0.25, 0.3) is 0 Å². The zero-order chi connectivity index (χ0) is 33.8. The van der Waals surface area contributed by atoms with Gasteiger partial charge in [0.05, 0.1) is 6.61 Å². The summed E-state index contributed by atoms with van der Waals surface area (Å²) < 4.78 is 5.97. The molecule has 244 valence electrons. The number of aliphatic hydroxyl groups is 1. The third kappa shape index (κ3) is 12.3. The summed E-state index contributed by atoms with van der Waals surface area (Å²) in [6.07, 6.45) is 27.5. The van der Waals surface area contributed by atoms with Crippen molar-refractivity contribution < 1.29 is 24.5 Å². The first-order chi connectivity index (χ1) is 21.1. The van der Waals surface area contributed by atoms with Gasteiger partial charge in [0, 0.05) is 23.5 Å². The third-order valence-electron chi connectivity index (χ3n) is 8.68. The standard InChI is InChI=1S/C40H54O5/c1-28(18-21-35-31(4)16-12-23-39(35,6)7)13-10-14-30(3)26-37(44)45-38-32(5)34(22-24-40(38,8)9)20-19-33(27-41)17-11-15-29(2)25-36(42)43/h10-11,13-15,17-21,25-26,34,41H,12,16,22-24,27H2,1-9H3,(H,42,43). The summed E-state index contributed by atoms with van der Waals surface area (Å²) in [4.78, 5) is 23.8. The predicted octanol–water partition coefficient (Wildman–Crippen LogP) is 9.83. The van der Waals surface area contributed by atoms with Gasteiger partial charge in [0.15, 0.2) is 0 Å². The quantitative estimate of drug-likeness (QED) is 0.130. The zero-order valence-corrected chi connectivity index (χ0v) is 28.9. The van der Waals surface area contributed by atoms with E-state index in [1.807, 2.05) is 38.2 Å². The van der Waals surface area contributed by atoms with Gasteiger partial charge in [-0.2, -0.15) is 0 Å². The Hall–Kier alpha value is -3.70. The third-order valence-corrected chi connectivity index (χ3v) is 8.68. The van der Waals surface area contributed by atoms with E-state index in [2.05, 4.69) is 59.8 Å². The van der Waals surface area contributed by atoms with Crippen LogP contribution < -0.4 is 0 Å². The highest BCUT2D eigenvalue weighted by molar-refractivity contribution is 5.84. The van der Waals surface area contributed by atoms with E-state index in [4.69, 9.17) is 9.84 Å². The number of carbonyl (C=O) groups excluding carboxylic acids is 1. The number of aliphatic hydroxyl groups excluding tert-OH is 1. The molecule has 1 unspecified atom stereocenters. The first kappa shape index (κ1) is 37.5. The number of hydrogen-bond donors (Lipinski definition) is 2. The van der Waals surface area contributed by atoms with E-state index in [1.165, 1.54) is 36.5 Å². The summed E-state index contributed by atoms with van der Waals surface area (Å²) in [6, 6.07) is 0. The molecular formula is C40H54O5. The SMILES string of the molecule is CC(C=CC1=C(C)CCCC1(C)C)=CC=CC(C)=CC(=O)OC1=C(C)C(C=CC(=CC=CC(C)=CC(=O)O)CO)CCC1(C)C. The number of hydrogen-bond acceptors (Lipinski definition) is 4. The molecule has 0 heterocycles. The Labute approximate surface area is 271 Å². The smallest absolute Gasteiger partial charge is 0.336 e. The van der Waals surface area contributed by atoms with Crippen LogP contribution in [0.1, 0.15) is 94.4 Å². The van der Waals surface area contributed by atoms with Crippen LogP contribution in [0, 0.1) is 16.7 Å². The van der Waals surface area contributed by atoms with E-state index >= 15 is 0 Å². The topological polar surface area (TPSA) is 83.8 Å². The van der Waals surface area contributed by atoms with Gasteiger partial charge in [-0.1, -0.05) is 99.6 Å². The highest BCUT2D eigenvalue weighted by atomic mass is 16.5. The van der Waals surface area contributed by atoms with Gasteiger partial charge in [0.25, 0.3) is 0 Å². The van der Waals surface area contributed by atoms with Gasteiger partial charge < -0.3 is 14.9 Å². The molecule has 5 nitrogen and oxygen atoms in total. The maximum Gasteiger partial charge on any atom is 0.336 e. The Morgan fingerprint density at radius 1 is 0.867 bits per heavy atom. The van der Waals surface area contributed by atoms with Crippen molar-refractivity contribution in [3.05, 3.63) is 118 Å². The number of carbonyl (C=O) groups is 2. The van der Waals surface area contributed by atoms with Crippen molar-refractivity contribution >= 4 is 11.9 Å². The lowest BCUT2D eigenvalue weighted by Crippen LogP contribution is -2.27. The Kier molecular flexibility index (Phi) is 14.3. The van der Waals surface area contributed by atoms with Crippen LogP contribution >= 0.6 is 0 Å². The first-order valence-corrected chi connectivity index (χ1v) is 16.0. The van der Waals surface area contributed by atoms with Crippen LogP contribution in [-0.2, 0) is 14.3 Å². The highest BCUT2D eigenvalue weighted by Crippen LogP contribution is 2.44. The number of aliphatic carboxylic acids is 1. The van der Waals surface area contributed by atoms with E-state index in [9.17, 15) is 14.7 Å². The first-order valence-electron chi connectivity index (χ1n) is 16.0. The van der Waals surface area contributed by atoms with Crippen LogP contribution in [0.4, 0.5) is 0 Å². The Balaban J connectivity index is 2.12. The lowest BCUT2D eigenvalue weighted by atomic mass is 9.72. The minimum Gasteiger partial charge on any atom is -0.478 e. The van der Waals surface area contributed by atoms with E-state index < -0.39 is 11.9 Å². The Morgan fingerprint density at radius 2 is 1.51 bits per heavy atom. The summed E-state index contributed by atoms with van der Waals surface area (Å²) in [6.45, 7) is 18.6. The molecule has 2 aliphatic carbocycles. The molecule has 2 rings (SSSR count). The van der Waals surface area contributed by atoms with E-state index in [0.29, 0.717) is 16.9 Å². The van der Waals surface area contributed by atoms with Crippen molar-refractivity contribution in [2.24, 2.45) is 16.7 Å². The summed E-state index contributed by atoms with van der Waals surface area (Å²) in [5.74, 6) is -0.625. The Bertz CT molecular complexity index is 1410. The average Bonchev–Trinajstić information content (AvgIpc) is 2.92. The zero-order valence-electron chi connectivity index (χ0n) is 28.9. The molecule has 2 N–H and O–H groups in total. The van der Waals surface area contributed by atoms with Gasteiger partial charge in [-0.3, -0.25) is 0 Å². The van der Waals surface area contributed by atoms with Gasteiger partial charge in [-0.15, -0.1) is 0 Å². The fourth-order valence-corrected chi connectivity index (χ4v) is 5.97. The molecule has 1 atom stereocenters. The molecule has 0 saturated carbocycles. The van der Waals surface area contributed by atoms with Crippen LogP contribution in [0.15, 0.2) is 118 Å². The van der Waals surface area contributed by atoms with Crippen LogP contribution in [0.5, 0.6) is 0 Å². The number of rotatable bonds is 12. The number of allylic oxidation sites excluding steroid dienone is 16. The minimum atomic E-state index is -0.998. The van der Waals surface area contributed by atoms with Gasteiger partial charge in [0.2, 0.25) is 0 Å². The summed E-state index contributed by atoms with van der Waals surface area (Å²) in [7, 11) is 0. The molecule has 0 spiro atoms. The summed E-state index contributed by atoms with van der Waals surface area (Å²) >= 11 is 0. The van der Waals surface area contributed by atoms with Crippen molar-refractivity contribution in [2.45, 2.75) is 94.4 Å². The largest absolute Gasteiger partial charge is 0.478 e. The minimum absolute atomic E-state index is 0.0678. The van der Waals surface area contributed by atoms with Crippen molar-refractivity contribution in [1.82, 2.24) is 0 Å². The molecule has 0 radical (unpaired) electrons. The maximum atomic E-state index is 13.0. The van der Waals surface area contributed by atoms with Crippen molar-refractivity contribution in [2.75, 3.05) is 6.61 Å². The molecule has 0 aromatic carbocycles. The molecular weight excluding hydrogens is 560 g/mol. The van der Waals surface area contributed by atoms with Crippen LogP contribution in [0.3, 0.4) is 0 Å². The van der Waals surface area contributed by atoms with Crippen LogP contribution in [0.2, 0.25) is 0 Å². The predicted molar refractivity (Wildman–Crippen MR) is 186 cm³/mol. The monoisotopic (exact) mass is 614 g/mol. The van der Waals surface area contributed by atoms with E-state index in [0.717, 1.165) is 35.6 Å². The average molecular weight is 615 g/mol. The second-order valence-electron chi connectivity index (χ2n) is 13.7.